The highest BCUT2D eigenvalue weighted by atomic mass is 16.2. The number of carbonyl (C=O) groups excluding carboxylic acids is 1. The molecule has 2 aliphatic carbocycles. The predicted octanol–water partition coefficient (Wildman–Crippen LogP) is 2.58. The molecule has 0 radical (unpaired) electrons. The predicted molar refractivity (Wildman–Crippen MR) is 112 cm³/mol. The summed E-state index contributed by atoms with van der Waals surface area (Å²) >= 11 is 0. The zero-order valence-electron chi connectivity index (χ0n) is 17.4. The highest BCUT2D eigenvalue weighted by Crippen LogP contribution is 2.45. The Morgan fingerprint density at radius 2 is 2.00 bits per heavy atom. The number of likely N-dealkylation sites (N-methyl/N-ethyl adjacent to an activating group) is 1. The van der Waals surface area contributed by atoms with Gasteiger partial charge in [-0.1, -0.05) is 6.92 Å². The molecule has 4 aliphatic rings. The van der Waals surface area contributed by atoms with E-state index in [9.17, 15) is 4.79 Å². The third-order valence-electron chi connectivity index (χ3n) is 6.95. The Hall–Kier alpha value is -2.51. The van der Waals surface area contributed by atoms with E-state index in [1.807, 2.05) is 7.05 Å². The molecule has 0 bridgehead atoms. The molecule has 2 aliphatic heterocycles. The van der Waals surface area contributed by atoms with Crippen molar-refractivity contribution in [1.29, 1.82) is 0 Å². The highest BCUT2D eigenvalue weighted by molar-refractivity contribution is 5.93. The average Bonchev–Trinajstić information content (AvgIpc) is 3.18. The fourth-order valence-corrected chi connectivity index (χ4v) is 4.76. The van der Waals surface area contributed by atoms with Gasteiger partial charge in [0.1, 0.15) is 5.82 Å². The summed E-state index contributed by atoms with van der Waals surface area (Å²) in [5.74, 6) is 2.13. The number of anilines is 2. The van der Waals surface area contributed by atoms with Crippen LogP contribution in [0.5, 0.6) is 0 Å². The molecule has 0 aromatic carbocycles. The topological polar surface area (TPSA) is 76.6 Å². The Labute approximate surface area is 172 Å². The summed E-state index contributed by atoms with van der Waals surface area (Å²) in [7, 11) is 1.82. The van der Waals surface area contributed by atoms with Crippen LogP contribution in [-0.4, -0.2) is 64.2 Å². The van der Waals surface area contributed by atoms with E-state index >= 15 is 0 Å². The summed E-state index contributed by atoms with van der Waals surface area (Å²) in [6.07, 6.45) is 11.4. The van der Waals surface area contributed by atoms with Crippen molar-refractivity contribution >= 4 is 17.8 Å². The standard InChI is InChI=1S/C21H31N7O/c1-15-3-5-16(6-4-15)27-13-17(23-14-27)21(8-9-21)25-19-22-10-7-18(24-19)28-12-11-26(2)20(28)29/h7,10,13,15-16,23H,3-6,8-9,11-12,14H2,1-2H3,(H,22,24,25). The van der Waals surface area contributed by atoms with Gasteiger partial charge in [0.15, 0.2) is 0 Å². The lowest BCUT2D eigenvalue weighted by atomic mass is 9.87. The lowest BCUT2D eigenvalue weighted by molar-refractivity contribution is 0.198. The number of carbonyl (C=O) groups is 1. The van der Waals surface area contributed by atoms with Gasteiger partial charge in [0, 0.05) is 38.6 Å². The van der Waals surface area contributed by atoms with Crippen molar-refractivity contribution in [3.8, 4) is 0 Å². The van der Waals surface area contributed by atoms with Gasteiger partial charge < -0.3 is 20.4 Å². The Morgan fingerprint density at radius 1 is 1.21 bits per heavy atom. The number of hydrogen-bond acceptors (Lipinski definition) is 6. The molecule has 5 rings (SSSR count). The number of rotatable bonds is 5. The first-order valence-electron chi connectivity index (χ1n) is 10.9. The van der Waals surface area contributed by atoms with Crippen molar-refractivity contribution in [2.75, 3.05) is 37.0 Å². The molecule has 3 heterocycles. The van der Waals surface area contributed by atoms with Gasteiger partial charge in [-0.2, -0.15) is 4.98 Å². The van der Waals surface area contributed by atoms with Crippen molar-refractivity contribution < 1.29 is 4.79 Å². The number of amides is 2. The summed E-state index contributed by atoms with van der Waals surface area (Å²) in [6.45, 7) is 4.65. The molecule has 1 saturated heterocycles. The Bertz CT molecular complexity index is 813. The maximum absolute atomic E-state index is 12.3. The SMILES string of the molecule is CC1CCC(N2C=C(C3(Nc4nccc(N5CCN(C)C5=O)n4)CC3)NC2)CC1. The first-order valence-corrected chi connectivity index (χ1v) is 10.9. The minimum Gasteiger partial charge on any atom is -0.368 e. The van der Waals surface area contributed by atoms with Gasteiger partial charge in [0.25, 0.3) is 0 Å². The lowest BCUT2D eigenvalue weighted by Crippen LogP contribution is -2.36. The molecule has 0 atom stereocenters. The summed E-state index contributed by atoms with van der Waals surface area (Å²) in [5, 5.41) is 7.18. The van der Waals surface area contributed by atoms with Crippen LogP contribution in [0.3, 0.4) is 0 Å². The van der Waals surface area contributed by atoms with Crippen LogP contribution in [0.15, 0.2) is 24.2 Å². The van der Waals surface area contributed by atoms with Gasteiger partial charge in [-0.05, 0) is 50.5 Å². The van der Waals surface area contributed by atoms with E-state index in [0.717, 1.165) is 32.0 Å². The molecule has 2 saturated carbocycles. The minimum absolute atomic E-state index is 0.00612. The van der Waals surface area contributed by atoms with Crippen molar-refractivity contribution in [3.63, 3.8) is 0 Å². The molecular formula is C21H31N7O. The van der Waals surface area contributed by atoms with Gasteiger partial charge in [-0.3, -0.25) is 4.90 Å². The fourth-order valence-electron chi connectivity index (χ4n) is 4.76. The Morgan fingerprint density at radius 3 is 2.69 bits per heavy atom. The first kappa shape index (κ1) is 18.5. The summed E-state index contributed by atoms with van der Waals surface area (Å²) < 4.78 is 0. The lowest BCUT2D eigenvalue weighted by Gasteiger charge is -2.33. The second-order valence-electron chi connectivity index (χ2n) is 9.11. The number of nitrogens with one attached hydrogen (secondary N) is 2. The van der Waals surface area contributed by atoms with Crippen LogP contribution in [0.25, 0.3) is 0 Å². The van der Waals surface area contributed by atoms with Gasteiger partial charge >= 0.3 is 6.03 Å². The summed E-state index contributed by atoms with van der Waals surface area (Å²) in [4.78, 5) is 27.3. The van der Waals surface area contributed by atoms with E-state index in [-0.39, 0.29) is 11.6 Å². The number of urea groups is 1. The molecule has 2 amide bonds. The van der Waals surface area contributed by atoms with E-state index in [1.54, 1.807) is 22.1 Å². The highest BCUT2D eigenvalue weighted by Gasteiger charge is 2.49. The van der Waals surface area contributed by atoms with Crippen molar-refractivity contribution in [1.82, 2.24) is 25.1 Å². The van der Waals surface area contributed by atoms with Crippen molar-refractivity contribution in [3.05, 3.63) is 24.2 Å². The van der Waals surface area contributed by atoms with Gasteiger partial charge in [0.05, 0.1) is 17.9 Å². The largest absolute Gasteiger partial charge is 0.368 e. The minimum atomic E-state index is -0.0961. The molecule has 8 nitrogen and oxygen atoms in total. The molecule has 1 aromatic rings. The fraction of sp³-hybridized carbons (Fsp3) is 0.667. The van der Waals surface area contributed by atoms with E-state index in [2.05, 4.69) is 38.6 Å². The van der Waals surface area contributed by atoms with Crippen LogP contribution in [0.1, 0.15) is 45.4 Å². The van der Waals surface area contributed by atoms with Crippen LogP contribution in [0.2, 0.25) is 0 Å². The zero-order valence-corrected chi connectivity index (χ0v) is 17.4. The van der Waals surface area contributed by atoms with Crippen molar-refractivity contribution in [2.24, 2.45) is 5.92 Å². The van der Waals surface area contributed by atoms with E-state index in [0.29, 0.717) is 24.4 Å². The summed E-state index contributed by atoms with van der Waals surface area (Å²) in [5.41, 5.74) is 1.16. The molecule has 2 N–H and O–H groups in total. The molecule has 0 spiro atoms. The number of hydrogen-bond donors (Lipinski definition) is 2. The second-order valence-corrected chi connectivity index (χ2v) is 9.11. The van der Waals surface area contributed by atoms with Crippen LogP contribution in [0.4, 0.5) is 16.6 Å². The summed E-state index contributed by atoms with van der Waals surface area (Å²) in [6, 6.07) is 2.46. The van der Waals surface area contributed by atoms with Gasteiger partial charge in [-0.15, -0.1) is 0 Å². The Kier molecular flexibility index (Phi) is 4.52. The van der Waals surface area contributed by atoms with Crippen LogP contribution in [-0.2, 0) is 0 Å². The Balaban J connectivity index is 1.28. The van der Waals surface area contributed by atoms with Gasteiger partial charge in [0.2, 0.25) is 5.95 Å². The van der Waals surface area contributed by atoms with E-state index in [4.69, 9.17) is 0 Å². The molecule has 29 heavy (non-hydrogen) atoms. The van der Waals surface area contributed by atoms with Crippen LogP contribution >= 0.6 is 0 Å². The molecule has 0 unspecified atom stereocenters. The first-order chi connectivity index (χ1) is 14.0. The number of nitrogens with zero attached hydrogens (tertiary/aromatic N) is 5. The smallest absolute Gasteiger partial charge is 0.325 e. The zero-order chi connectivity index (χ0) is 20.0. The quantitative estimate of drug-likeness (QED) is 0.795. The molecule has 156 valence electrons. The normalized spacial score (nSPS) is 28.4. The second kappa shape index (κ2) is 7.07. The van der Waals surface area contributed by atoms with Crippen LogP contribution in [0, 0.1) is 5.92 Å². The third kappa shape index (κ3) is 3.49. The molecule has 3 fully saturated rings. The maximum Gasteiger partial charge on any atom is 0.325 e. The average molecular weight is 398 g/mol. The third-order valence-corrected chi connectivity index (χ3v) is 6.95. The van der Waals surface area contributed by atoms with Crippen LogP contribution < -0.4 is 15.5 Å². The molecular weight excluding hydrogens is 366 g/mol. The van der Waals surface area contributed by atoms with Crippen molar-refractivity contribution in [2.45, 2.75) is 57.0 Å². The molecule has 8 heteroatoms. The van der Waals surface area contributed by atoms with Gasteiger partial charge in [-0.25, -0.2) is 9.78 Å². The number of aromatic nitrogens is 2. The maximum atomic E-state index is 12.3. The monoisotopic (exact) mass is 397 g/mol. The van der Waals surface area contributed by atoms with E-state index < -0.39 is 0 Å². The van der Waals surface area contributed by atoms with E-state index in [1.165, 1.54) is 31.4 Å². The molecule has 1 aromatic heterocycles.